The second-order valence-electron chi connectivity index (χ2n) is 5.52. The molecule has 0 radical (unpaired) electrons. The van der Waals surface area contributed by atoms with Crippen molar-refractivity contribution in [2.45, 2.75) is 12.3 Å². The van der Waals surface area contributed by atoms with Crippen molar-refractivity contribution < 1.29 is 18.7 Å². The lowest BCUT2D eigenvalue weighted by Gasteiger charge is -2.24. The van der Waals surface area contributed by atoms with Crippen LogP contribution in [0.4, 0.5) is 4.39 Å². The number of pyridine rings is 1. The van der Waals surface area contributed by atoms with Gasteiger partial charge in [0.25, 0.3) is 0 Å². The van der Waals surface area contributed by atoms with Gasteiger partial charge >= 0.3 is 5.97 Å². The van der Waals surface area contributed by atoms with E-state index < -0.39 is 17.2 Å². The fourth-order valence-electron chi connectivity index (χ4n) is 3.15. The molecule has 0 saturated carbocycles. The molecule has 4 nitrogen and oxygen atoms in total. The van der Waals surface area contributed by atoms with E-state index in [9.17, 15) is 9.18 Å². The van der Waals surface area contributed by atoms with Crippen LogP contribution in [-0.4, -0.2) is 25.2 Å². The summed E-state index contributed by atoms with van der Waals surface area (Å²) in [4.78, 5) is 15.8. The van der Waals surface area contributed by atoms with Crippen LogP contribution in [0.15, 0.2) is 37.1 Å². The minimum absolute atomic E-state index is 0.347. The molecule has 0 saturated heterocycles. The smallest absolute Gasteiger partial charge is 0.337 e. The van der Waals surface area contributed by atoms with E-state index in [0.29, 0.717) is 28.1 Å². The van der Waals surface area contributed by atoms with Crippen molar-refractivity contribution in [1.82, 2.24) is 4.98 Å². The number of halogens is 1. The van der Waals surface area contributed by atoms with Crippen LogP contribution in [0, 0.1) is 5.82 Å². The molecule has 1 aliphatic carbocycles. The molecular formula is C18H16FNO3. The zero-order chi connectivity index (χ0) is 16.8. The van der Waals surface area contributed by atoms with E-state index in [0.717, 1.165) is 11.8 Å². The van der Waals surface area contributed by atoms with Gasteiger partial charge < -0.3 is 9.47 Å². The lowest BCUT2D eigenvalue weighted by molar-refractivity contribution is 0.0600. The van der Waals surface area contributed by atoms with Crippen molar-refractivity contribution in [2.24, 2.45) is 0 Å². The zero-order valence-electron chi connectivity index (χ0n) is 13.1. The van der Waals surface area contributed by atoms with E-state index in [1.165, 1.54) is 14.2 Å². The summed E-state index contributed by atoms with van der Waals surface area (Å²) in [5.41, 5.74) is 2.22. The van der Waals surface area contributed by atoms with Gasteiger partial charge in [0.1, 0.15) is 5.82 Å². The summed E-state index contributed by atoms with van der Waals surface area (Å²) in [5.74, 6) is -0.529. The van der Waals surface area contributed by atoms with Gasteiger partial charge in [-0.25, -0.2) is 14.2 Å². The third-order valence-electron chi connectivity index (χ3n) is 4.39. The highest BCUT2D eigenvalue weighted by Gasteiger charge is 2.42. The fourth-order valence-corrected chi connectivity index (χ4v) is 3.15. The van der Waals surface area contributed by atoms with E-state index in [2.05, 4.69) is 11.6 Å². The summed E-state index contributed by atoms with van der Waals surface area (Å²) >= 11 is 0. The number of allylic oxidation sites excluding steroid dienone is 1. The average Bonchev–Trinajstić information content (AvgIpc) is 2.85. The maximum atomic E-state index is 14.4. The van der Waals surface area contributed by atoms with Gasteiger partial charge in [0.2, 0.25) is 5.88 Å². The number of hydrogen-bond donors (Lipinski definition) is 0. The minimum Gasteiger partial charge on any atom is -0.481 e. The van der Waals surface area contributed by atoms with Crippen molar-refractivity contribution in [2.75, 3.05) is 14.2 Å². The SMILES string of the molecule is C=CC1(C)c2cc(C(=O)OC)ccc2-c2c(F)cnc(OC)c21. The molecule has 0 fully saturated rings. The van der Waals surface area contributed by atoms with Crippen LogP contribution in [0.3, 0.4) is 0 Å². The Hall–Kier alpha value is -2.69. The summed E-state index contributed by atoms with van der Waals surface area (Å²) in [6.45, 7) is 5.79. The van der Waals surface area contributed by atoms with Gasteiger partial charge in [-0.05, 0) is 30.2 Å². The van der Waals surface area contributed by atoms with E-state index in [-0.39, 0.29) is 0 Å². The Morgan fingerprint density at radius 2 is 2.13 bits per heavy atom. The quantitative estimate of drug-likeness (QED) is 0.643. The third-order valence-corrected chi connectivity index (χ3v) is 4.39. The van der Waals surface area contributed by atoms with Gasteiger partial charge in [-0.2, -0.15) is 0 Å². The van der Waals surface area contributed by atoms with Gasteiger partial charge in [0, 0.05) is 16.5 Å². The number of benzene rings is 1. The molecule has 118 valence electrons. The van der Waals surface area contributed by atoms with Crippen molar-refractivity contribution in [3.8, 4) is 17.0 Å². The molecule has 1 atom stereocenters. The number of rotatable bonds is 3. The predicted octanol–water partition coefficient (Wildman–Crippen LogP) is 3.49. The normalized spacial score (nSPS) is 18.1. The van der Waals surface area contributed by atoms with Gasteiger partial charge in [-0.3, -0.25) is 0 Å². The van der Waals surface area contributed by atoms with E-state index in [4.69, 9.17) is 9.47 Å². The van der Waals surface area contributed by atoms with Crippen LogP contribution in [-0.2, 0) is 10.2 Å². The van der Waals surface area contributed by atoms with Crippen LogP contribution >= 0.6 is 0 Å². The number of methoxy groups -OCH3 is 2. The Bertz CT molecular complexity index is 831. The molecule has 1 heterocycles. The number of ether oxygens (including phenoxy) is 2. The van der Waals surface area contributed by atoms with Gasteiger partial charge in [-0.1, -0.05) is 12.1 Å². The number of fused-ring (bicyclic) bond motifs is 3. The molecule has 0 bridgehead atoms. The molecule has 3 rings (SSSR count). The zero-order valence-corrected chi connectivity index (χ0v) is 13.1. The second kappa shape index (κ2) is 5.19. The monoisotopic (exact) mass is 313 g/mol. The molecule has 5 heteroatoms. The molecule has 23 heavy (non-hydrogen) atoms. The molecule has 1 aliphatic rings. The summed E-state index contributed by atoms with van der Waals surface area (Å²) in [5, 5.41) is 0. The summed E-state index contributed by atoms with van der Waals surface area (Å²) in [7, 11) is 2.82. The molecule has 0 amide bonds. The predicted molar refractivity (Wildman–Crippen MR) is 84.2 cm³/mol. The summed E-state index contributed by atoms with van der Waals surface area (Å²) < 4.78 is 24.5. The number of esters is 1. The number of carbonyl (C=O) groups excluding carboxylic acids is 1. The fraction of sp³-hybridized carbons (Fsp3) is 0.222. The standard InChI is InChI=1S/C18H16FNO3/c1-5-18(2)12-8-10(17(21)23-4)6-7-11(12)14-13(19)9-20-16(22-3)15(14)18/h5-9H,1H2,2-4H3. The summed E-state index contributed by atoms with van der Waals surface area (Å²) in [6, 6.07) is 5.05. The number of hydrogen-bond acceptors (Lipinski definition) is 4. The maximum absolute atomic E-state index is 14.4. The number of carbonyl (C=O) groups is 1. The largest absolute Gasteiger partial charge is 0.481 e. The molecule has 1 aromatic carbocycles. The molecular weight excluding hydrogens is 297 g/mol. The van der Waals surface area contributed by atoms with Gasteiger partial charge in [-0.15, -0.1) is 6.58 Å². The van der Waals surface area contributed by atoms with Crippen molar-refractivity contribution in [1.29, 1.82) is 0 Å². The summed E-state index contributed by atoms with van der Waals surface area (Å²) in [6.07, 6.45) is 2.85. The Balaban J connectivity index is 2.37. The highest BCUT2D eigenvalue weighted by Crippen LogP contribution is 2.53. The third kappa shape index (κ3) is 1.96. The molecule has 0 aliphatic heterocycles. The highest BCUT2D eigenvalue weighted by atomic mass is 19.1. The average molecular weight is 313 g/mol. The van der Waals surface area contributed by atoms with Crippen molar-refractivity contribution >= 4 is 5.97 Å². The Morgan fingerprint density at radius 3 is 2.74 bits per heavy atom. The van der Waals surface area contributed by atoms with Crippen LogP contribution in [0.25, 0.3) is 11.1 Å². The first-order chi connectivity index (χ1) is 11.0. The van der Waals surface area contributed by atoms with Crippen LogP contribution in [0.2, 0.25) is 0 Å². The van der Waals surface area contributed by atoms with Gasteiger partial charge in [0.05, 0.1) is 26.0 Å². The van der Waals surface area contributed by atoms with Crippen molar-refractivity contribution in [3.05, 3.63) is 59.6 Å². The van der Waals surface area contributed by atoms with E-state index >= 15 is 0 Å². The van der Waals surface area contributed by atoms with Crippen LogP contribution < -0.4 is 4.74 Å². The van der Waals surface area contributed by atoms with Crippen molar-refractivity contribution in [3.63, 3.8) is 0 Å². The minimum atomic E-state index is -0.713. The van der Waals surface area contributed by atoms with Crippen LogP contribution in [0.1, 0.15) is 28.4 Å². The molecule has 0 N–H and O–H groups in total. The first kappa shape index (κ1) is 15.2. The second-order valence-corrected chi connectivity index (χ2v) is 5.52. The lowest BCUT2D eigenvalue weighted by atomic mass is 9.80. The number of nitrogens with zero attached hydrogens (tertiary/aromatic N) is 1. The topological polar surface area (TPSA) is 48.4 Å². The maximum Gasteiger partial charge on any atom is 0.337 e. The highest BCUT2D eigenvalue weighted by molar-refractivity contribution is 5.93. The van der Waals surface area contributed by atoms with Crippen LogP contribution in [0.5, 0.6) is 5.88 Å². The Morgan fingerprint density at radius 1 is 1.39 bits per heavy atom. The lowest BCUT2D eigenvalue weighted by Crippen LogP contribution is -2.19. The van der Waals surface area contributed by atoms with E-state index in [1.807, 2.05) is 6.92 Å². The Kier molecular flexibility index (Phi) is 3.43. The first-order valence-electron chi connectivity index (χ1n) is 7.07. The molecule has 0 spiro atoms. The molecule has 1 unspecified atom stereocenters. The van der Waals surface area contributed by atoms with Gasteiger partial charge in [0.15, 0.2) is 0 Å². The Labute approximate surface area is 133 Å². The molecule has 1 aromatic heterocycles. The number of aromatic nitrogens is 1. The first-order valence-corrected chi connectivity index (χ1v) is 7.07. The van der Waals surface area contributed by atoms with E-state index in [1.54, 1.807) is 24.3 Å². The molecule has 2 aromatic rings.